The molecular weight excluding hydrogens is 701 g/mol. The molecule has 8 nitrogen and oxygen atoms in total. The number of hydrogen-bond acceptors (Lipinski definition) is 6. The fraction of sp³-hybridized carbons (Fsp3) is 0.938. The van der Waals surface area contributed by atoms with Gasteiger partial charge in [-0.15, -0.1) is 0 Å². The Hall–Kier alpha value is -1.67. The monoisotopic (exact) mass is 795 g/mol. The van der Waals surface area contributed by atoms with Crippen molar-refractivity contribution in [3.8, 4) is 0 Å². The minimum Gasteiger partial charge on any atom is -0.481 e. The Morgan fingerprint density at radius 3 is 1.46 bits per heavy atom. The Balaban J connectivity index is 4.62. The van der Waals surface area contributed by atoms with Crippen molar-refractivity contribution in [1.82, 2.24) is 10.2 Å². The minimum absolute atomic E-state index is 0.0422. The second kappa shape index (κ2) is 42.9. The molecule has 0 spiro atoms. The van der Waals surface area contributed by atoms with E-state index in [1.165, 1.54) is 116 Å². The summed E-state index contributed by atoms with van der Waals surface area (Å²) in [7, 11) is 1.54. The lowest BCUT2D eigenvalue weighted by molar-refractivity contribution is -0.145. The van der Waals surface area contributed by atoms with Crippen LogP contribution in [-0.2, 0) is 23.9 Å². The fourth-order valence-corrected chi connectivity index (χ4v) is 8.03. The highest BCUT2D eigenvalue weighted by molar-refractivity contribution is 5.77. The number of amides is 1. The van der Waals surface area contributed by atoms with Crippen molar-refractivity contribution in [2.75, 3.05) is 46.5 Å². The molecule has 332 valence electrons. The summed E-state index contributed by atoms with van der Waals surface area (Å²) in [6.07, 6.45) is 37.9. The summed E-state index contributed by atoms with van der Waals surface area (Å²) in [5.74, 6) is -0.569. The van der Waals surface area contributed by atoms with E-state index in [0.29, 0.717) is 25.5 Å². The third-order valence-electron chi connectivity index (χ3n) is 11.6. The van der Waals surface area contributed by atoms with Crippen molar-refractivity contribution in [2.45, 2.75) is 233 Å². The van der Waals surface area contributed by atoms with Gasteiger partial charge in [0.2, 0.25) is 5.91 Å². The van der Waals surface area contributed by atoms with E-state index >= 15 is 0 Å². The first kappa shape index (κ1) is 54.3. The van der Waals surface area contributed by atoms with Crippen molar-refractivity contribution in [1.29, 1.82) is 0 Å². The van der Waals surface area contributed by atoms with Gasteiger partial charge < -0.3 is 24.8 Å². The Labute approximate surface area is 347 Å². The highest BCUT2D eigenvalue weighted by atomic mass is 16.5. The number of unbranched alkanes of at least 4 members (excludes halogenated alkanes) is 23. The van der Waals surface area contributed by atoms with Gasteiger partial charge in [0.1, 0.15) is 6.61 Å². The largest absolute Gasteiger partial charge is 0.481 e. The average molecular weight is 795 g/mol. The summed E-state index contributed by atoms with van der Waals surface area (Å²) in [6, 6.07) is 0. The van der Waals surface area contributed by atoms with Crippen LogP contribution in [0.5, 0.6) is 0 Å². The van der Waals surface area contributed by atoms with Crippen LogP contribution in [0.15, 0.2) is 0 Å². The zero-order valence-electron chi connectivity index (χ0n) is 37.7. The zero-order valence-corrected chi connectivity index (χ0v) is 37.7. The molecule has 0 radical (unpaired) electrons. The number of rotatable bonds is 45. The molecule has 0 aliphatic rings. The van der Waals surface area contributed by atoms with E-state index in [9.17, 15) is 19.5 Å². The summed E-state index contributed by atoms with van der Waals surface area (Å²) >= 11 is 0. The zero-order chi connectivity index (χ0) is 41.2. The van der Waals surface area contributed by atoms with E-state index in [1.807, 2.05) is 0 Å². The minimum atomic E-state index is -0.575. The lowest BCUT2D eigenvalue weighted by Gasteiger charge is -2.25. The molecule has 0 aromatic heterocycles. The van der Waals surface area contributed by atoms with Gasteiger partial charge in [-0.2, -0.15) is 0 Å². The number of carbonyl (C=O) groups is 3. The van der Waals surface area contributed by atoms with E-state index in [2.05, 4.69) is 31.0 Å². The molecule has 1 unspecified atom stereocenters. The number of hydrogen-bond donors (Lipinski definition) is 2. The van der Waals surface area contributed by atoms with E-state index in [-0.39, 0.29) is 24.4 Å². The molecule has 1 atom stereocenters. The van der Waals surface area contributed by atoms with Gasteiger partial charge in [0.05, 0.1) is 12.5 Å². The number of nitrogens with zero attached hydrogens (tertiary/aromatic N) is 1. The maximum Gasteiger partial charge on any atom is 0.306 e. The fourth-order valence-electron chi connectivity index (χ4n) is 8.03. The lowest BCUT2D eigenvalue weighted by Crippen LogP contribution is -2.32. The Morgan fingerprint density at radius 2 is 0.964 bits per heavy atom. The number of methoxy groups -OCH3 is 1. The van der Waals surface area contributed by atoms with Gasteiger partial charge in [-0.1, -0.05) is 175 Å². The summed E-state index contributed by atoms with van der Waals surface area (Å²) < 4.78 is 10.4. The molecule has 0 bridgehead atoms. The van der Waals surface area contributed by atoms with E-state index in [1.54, 1.807) is 0 Å². The first-order valence-corrected chi connectivity index (χ1v) is 24.3. The molecule has 0 rings (SSSR count). The highest BCUT2D eigenvalue weighted by Gasteiger charge is 2.27. The first-order chi connectivity index (χ1) is 27.4. The van der Waals surface area contributed by atoms with Crippen LogP contribution >= 0.6 is 0 Å². The second-order valence-electron chi connectivity index (χ2n) is 16.9. The van der Waals surface area contributed by atoms with E-state index in [0.717, 1.165) is 116 Å². The number of esters is 1. The SMILES string of the molecule is CCCCCCCCCOC(=O)CCCCCCCN(CCCCCCC(C(=O)O)C(CCCCCCCC)CCCCCCCC)CCCNC(=O)COC. The lowest BCUT2D eigenvalue weighted by atomic mass is 9.80. The van der Waals surface area contributed by atoms with Gasteiger partial charge in [-0.3, -0.25) is 14.4 Å². The Kier molecular flexibility index (Phi) is 41.6. The molecule has 0 fully saturated rings. The van der Waals surface area contributed by atoms with Gasteiger partial charge in [0, 0.05) is 20.1 Å². The van der Waals surface area contributed by atoms with Crippen LogP contribution in [-0.4, -0.2) is 74.4 Å². The van der Waals surface area contributed by atoms with Crippen molar-refractivity contribution in [3.63, 3.8) is 0 Å². The van der Waals surface area contributed by atoms with Crippen LogP contribution in [0.3, 0.4) is 0 Å². The van der Waals surface area contributed by atoms with Crippen LogP contribution < -0.4 is 5.32 Å². The summed E-state index contributed by atoms with van der Waals surface area (Å²) in [6.45, 7) is 11.1. The van der Waals surface area contributed by atoms with Crippen LogP contribution in [0.2, 0.25) is 0 Å². The Bertz CT molecular complexity index is 855. The summed E-state index contributed by atoms with van der Waals surface area (Å²) in [5.41, 5.74) is 0. The molecular formula is C48H94N2O6. The quantitative estimate of drug-likeness (QED) is 0.0467. The topological polar surface area (TPSA) is 105 Å². The van der Waals surface area contributed by atoms with Crippen LogP contribution in [0.25, 0.3) is 0 Å². The molecule has 1 amide bonds. The molecule has 0 heterocycles. The third kappa shape index (κ3) is 36.7. The van der Waals surface area contributed by atoms with Gasteiger partial charge in [-0.05, 0) is 76.9 Å². The predicted octanol–water partition coefficient (Wildman–Crippen LogP) is 12.8. The molecule has 0 saturated carbocycles. The molecule has 0 saturated heterocycles. The van der Waals surface area contributed by atoms with Gasteiger partial charge >= 0.3 is 11.9 Å². The molecule has 2 N–H and O–H groups in total. The predicted molar refractivity (Wildman–Crippen MR) is 236 cm³/mol. The number of nitrogens with one attached hydrogen (secondary N) is 1. The van der Waals surface area contributed by atoms with Crippen LogP contribution in [0, 0.1) is 11.8 Å². The average Bonchev–Trinajstić information content (AvgIpc) is 3.18. The number of carboxylic acids is 1. The summed E-state index contributed by atoms with van der Waals surface area (Å²) in [5, 5.41) is 13.3. The molecule has 0 aliphatic carbocycles. The van der Waals surface area contributed by atoms with Crippen molar-refractivity contribution >= 4 is 17.8 Å². The molecule has 0 aromatic rings. The van der Waals surface area contributed by atoms with Gasteiger partial charge in [0.15, 0.2) is 0 Å². The van der Waals surface area contributed by atoms with Crippen molar-refractivity contribution < 1.29 is 29.0 Å². The smallest absolute Gasteiger partial charge is 0.306 e. The van der Waals surface area contributed by atoms with Gasteiger partial charge in [-0.25, -0.2) is 0 Å². The molecule has 56 heavy (non-hydrogen) atoms. The molecule has 0 aromatic carbocycles. The van der Waals surface area contributed by atoms with E-state index in [4.69, 9.17) is 9.47 Å². The van der Waals surface area contributed by atoms with E-state index < -0.39 is 5.97 Å². The second-order valence-corrected chi connectivity index (χ2v) is 16.9. The molecule has 0 aliphatic heterocycles. The van der Waals surface area contributed by atoms with Crippen molar-refractivity contribution in [3.05, 3.63) is 0 Å². The van der Waals surface area contributed by atoms with Crippen molar-refractivity contribution in [2.24, 2.45) is 11.8 Å². The maximum absolute atomic E-state index is 12.5. The van der Waals surface area contributed by atoms with Gasteiger partial charge in [0.25, 0.3) is 0 Å². The van der Waals surface area contributed by atoms with Crippen LogP contribution in [0.4, 0.5) is 0 Å². The number of carbonyl (C=O) groups excluding carboxylic acids is 2. The number of carboxylic acid groups (broad SMARTS) is 1. The maximum atomic E-state index is 12.5. The van der Waals surface area contributed by atoms with Crippen LogP contribution in [0.1, 0.15) is 233 Å². The number of aliphatic carboxylic acids is 1. The normalized spacial score (nSPS) is 12.1. The summed E-state index contributed by atoms with van der Waals surface area (Å²) in [4.78, 5) is 39.0. The standard InChI is InChI=1S/C48H94N2O6/c1-5-8-11-14-17-25-32-42-56-47(52)37-29-21-18-23-30-39-50(41-33-38-49-46(51)43-55-4)40-31-24-22-28-36-45(48(53)54)44(34-26-19-15-12-9-6-2)35-27-20-16-13-10-7-3/h44-45H,5-43H2,1-4H3,(H,49,51)(H,53,54). The first-order valence-electron chi connectivity index (χ1n) is 24.3. The number of ether oxygens (including phenoxy) is 2. The highest BCUT2D eigenvalue weighted by Crippen LogP contribution is 2.30. The third-order valence-corrected chi connectivity index (χ3v) is 11.6. The molecule has 8 heteroatoms. The Morgan fingerprint density at radius 1 is 0.536 bits per heavy atom.